The van der Waals surface area contributed by atoms with Crippen molar-refractivity contribution in [3.63, 3.8) is 0 Å². The molecule has 0 heterocycles. The van der Waals surface area contributed by atoms with Crippen LogP contribution in [-0.4, -0.2) is 87.4 Å². The standard InChI is InChI=1S/C66H115NO8/c1-6-8-10-12-14-16-18-20-22-24-26-28-29-30-31-32-33-34-35-37-39-41-43-45-47-49-51-53-55-57-64(69)75-62(61-74-66(65(70)71)72-59-58-67(3,4)5)60-73-63(68)56-54-52-50-48-46-44-42-40-38-36-27-25-23-21-19-17-15-13-11-9-7-2/h8,10,14,16,20,22,25-28,30-31,33-34,62,66H,6-7,9,11-13,15,17-19,21,23-24,29,32,35-61H2,1-5H3/p+1/b10-8-,16-14-,22-20-,27-25-,28-26-,31-30-,34-33-. The third-order valence-electron chi connectivity index (χ3n) is 13.1. The number of nitrogens with zero attached hydrogens (tertiary/aromatic N) is 1. The van der Waals surface area contributed by atoms with Crippen LogP contribution in [0.25, 0.3) is 0 Å². The summed E-state index contributed by atoms with van der Waals surface area (Å²) in [5, 5.41) is 9.72. The largest absolute Gasteiger partial charge is 0.477 e. The van der Waals surface area contributed by atoms with Crippen LogP contribution >= 0.6 is 0 Å². The summed E-state index contributed by atoms with van der Waals surface area (Å²) >= 11 is 0. The molecule has 0 aliphatic rings. The van der Waals surface area contributed by atoms with Crippen LogP contribution in [0.15, 0.2) is 85.1 Å². The number of hydrogen-bond acceptors (Lipinski definition) is 7. The highest BCUT2D eigenvalue weighted by molar-refractivity contribution is 5.71. The first-order valence-corrected chi connectivity index (χ1v) is 30.8. The van der Waals surface area contributed by atoms with E-state index in [2.05, 4.69) is 98.9 Å². The molecule has 0 amide bonds. The van der Waals surface area contributed by atoms with Gasteiger partial charge in [0.15, 0.2) is 6.10 Å². The highest BCUT2D eigenvalue weighted by Gasteiger charge is 2.25. The highest BCUT2D eigenvalue weighted by Crippen LogP contribution is 2.16. The van der Waals surface area contributed by atoms with Crippen LogP contribution in [0.1, 0.15) is 258 Å². The van der Waals surface area contributed by atoms with E-state index in [0.717, 1.165) is 83.5 Å². The van der Waals surface area contributed by atoms with Gasteiger partial charge < -0.3 is 28.5 Å². The van der Waals surface area contributed by atoms with Crippen molar-refractivity contribution < 1.29 is 42.9 Å². The number of esters is 2. The molecule has 0 rings (SSSR count). The van der Waals surface area contributed by atoms with E-state index in [1.54, 1.807) is 0 Å². The number of likely N-dealkylation sites (N-methyl/N-ethyl adjacent to an activating group) is 1. The molecule has 9 heteroatoms. The summed E-state index contributed by atoms with van der Waals surface area (Å²) in [4.78, 5) is 37.5. The molecular formula is C66H116NO8+. The lowest BCUT2D eigenvalue weighted by Crippen LogP contribution is -2.40. The van der Waals surface area contributed by atoms with Gasteiger partial charge in [0, 0.05) is 12.8 Å². The van der Waals surface area contributed by atoms with Gasteiger partial charge in [0.1, 0.15) is 13.2 Å². The van der Waals surface area contributed by atoms with E-state index in [4.69, 9.17) is 18.9 Å². The maximum atomic E-state index is 12.9. The predicted octanol–water partition coefficient (Wildman–Crippen LogP) is 18.3. The number of carbonyl (C=O) groups excluding carboxylic acids is 2. The zero-order chi connectivity index (χ0) is 54.8. The molecular weight excluding hydrogens is 935 g/mol. The minimum absolute atomic E-state index is 0.183. The Morgan fingerprint density at radius 1 is 0.413 bits per heavy atom. The quantitative estimate of drug-likeness (QED) is 0.0211. The van der Waals surface area contributed by atoms with E-state index < -0.39 is 24.3 Å². The lowest BCUT2D eigenvalue weighted by atomic mass is 10.0. The molecule has 0 saturated carbocycles. The molecule has 0 aliphatic heterocycles. The smallest absolute Gasteiger partial charge is 0.361 e. The van der Waals surface area contributed by atoms with Gasteiger partial charge in [-0.15, -0.1) is 0 Å². The fourth-order valence-corrected chi connectivity index (χ4v) is 8.42. The summed E-state index contributed by atoms with van der Waals surface area (Å²) in [5.41, 5.74) is 0. The summed E-state index contributed by atoms with van der Waals surface area (Å²) in [5.74, 6) is -2.01. The number of rotatable bonds is 56. The summed E-state index contributed by atoms with van der Waals surface area (Å²) in [6, 6.07) is 0. The van der Waals surface area contributed by atoms with E-state index in [0.29, 0.717) is 23.9 Å². The molecule has 1 N–H and O–H groups in total. The third-order valence-corrected chi connectivity index (χ3v) is 13.1. The molecule has 0 aromatic carbocycles. The molecule has 0 fully saturated rings. The minimum Gasteiger partial charge on any atom is -0.477 e. The first-order valence-electron chi connectivity index (χ1n) is 30.8. The Hall–Kier alpha value is -3.53. The first-order chi connectivity index (χ1) is 36.6. The van der Waals surface area contributed by atoms with Crippen LogP contribution in [0.4, 0.5) is 0 Å². The number of aliphatic carboxylic acids is 1. The maximum absolute atomic E-state index is 12.9. The number of quaternary nitrogens is 1. The van der Waals surface area contributed by atoms with Crippen molar-refractivity contribution in [3.05, 3.63) is 85.1 Å². The van der Waals surface area contributed by atoms with Crippen LogP contribution < -0.4 is 0 Å². The number of carboxylic acids is 1. The van der Waals surface area contributed by atoms with Crippen LogP contribution in [-0.2, 0) is 33.3 Å². The Morgan fingerprint density at radius 3 is 1.15 bits per heavy atom. The molecule has 75 heavy (non-hydrogen) atoms. The second-order valence-electron chi connectivity index (χ2n) is 21.6. The van der Waals surface area contributed by atoms with E-state index >= 15 is 0 Å². The van der Waals surface area contributed by atoms with Crippen molar-refractivity contribution in [1.29, 1.82) is 0 Å². The summed E-state index contributed by atoms with van der Waals surface area (Å²) in [6.45, 7) is 4.77. The molecule has 0 aliphatic carbocycles. The number of carboxylic acid groups (broad SMARTS) is 1. The van der Waals surface area contributed by atoms with Gasteiger partial charge in [-0.05, 0) is 89.9 Å². The number of ether oxygens (including phenoxy) is 4. The van der Waals surface area contributed by atoms with Gasteiger partial charge in [-0.1, -0.05) is 240 Å². The molecule has 0 aromatic rings. The SMILES string of the molecule is CC/C=C\C/C=C\C/C=C\C/C=C\C/C=C\C/C=C\CCCCCCCCCCCCC(=O)OC(COC(=O)CCCCCCCCCCC/C=C\CCCCCCCCCC)COC(OCC[N+](C)(C)C)C(=O)O. The topological polar surface area (TPSA) is 108 Å². The van der Waals surface area contributed by atoms with E-state index in [1.165, 1.54) is 141 Å². The van der Waals surface area contributed by atoms with Crippen molar-refractivity contribution in [2.75, 3.05) is 47.5 Å². The van der Waals surface area contributed by atoms with Gasteiger partial charge in [0.25, 0.3) is 6.29 Å². The van der Waals surface area contributed by atoms with Crippen LogP contribution in [0.3, 0.4) is 0 Å². The average molecular weight is 1050 g/mol. The van der Waals surface area contributed by atoms with Crippen LogP contribution in [0.2, 0.25) is 0 Å². The molecule has 2 unspecified atom stereocenters. The van der Waals surface area contributed by atoms with Crippen LogP contribution in [0, 0.1) is 0 Å². The molecule has 0 aromatic heterocycles. The molecule has 432 valence electrons. The summed E-state index contributed by atoms with van der Waals surface area (Å²) < 4.78 is 22.9. The van der Waals surface area contributed by atoms with Crippen LogP contribution in [0.5, 0.6) is 0 Å². The molecule has 2 atom stereocenters. The lowest BCUT2D eigenvalue weighted by Gasteiger charge is -2.25. The third kappa shape index (κ3) is 58.0. The molecule has 9 nitrogen and oxygen atoms in total. The number of unbranched alkanes of at least 4 members (excludes halogenated alkanes) is 27. The molecule has 0 saturated heterocycles. The minimum atomic E-state index is -1.52. The second-order valence-corrected chi connectivity index (χ2v) is 21.6. The zero-order valence-electron chi connectivity index (χ0n) is 49.2. The first kappa shape index (κ1) is 71.5. The van der Waals surface area contributed by atoms with Gasteiger partial charge in [0.05, 0.1) is 34.4 Å². The number of allylic oxidation sites excluding steroid dienone is 14. The monoisotopic (exact) mass is 1050 g/mol. The Balaban J connectivity index is 4.23. The van der Waals surface area contributed by atoms with Crippen molar-refractivity contribution in [2.45, 2.75) is 270 Å². The fourth-order valence-electron chi connectivity index (χ4n) is 8.42. The summed E-state index contributed by atoms with van der Waals surface area (Å²) in [6.07, 6.45) is 72.3. The Kier molecular flexibility index (Phi) is 54.0. The van der Waals surface area contributed by atoms with E-state index in [1.807, 2.05) is 21.1 Å². The van der Waals surface area contributed by atoms with E-state index in [9.17, 15) is 19.5 Å². The van der Waals surface area contributed by atoms with Crippen molar-refractivity contribution >= 4 is 17.9 Å². The van der Waals surface area contributed by atoms with Crippen molar-refractivity contribution in [3.8, 4) is 0 Å². The lowest BCUT2D eigenvalue weighted by molar-refractivity contribution is -0.870. The van der Waals surface area contributed by atoms with Crippen molar-refractivity contribution in [2.24, 2.45) is 0 Å². The van der Waals surface area contributed by atoms with Crippen molar-refractivity contribution in [1.82, 2.24) is 0 Å². The predicted molar refractivity (Wildman–Crippen MR) is 318 cm³/mol. The van der Waals surface area contributed by atoms with Gasteiger partial charge in [0.2, 0.25) is 0 Å². The number of carbonyl (C=O) groups is 3. The Labute approximate surface area is 461 Å². The highest BCUT2D eigenvalue weighted by atomic mass is 16.7. The van der Waals surface area contributed by atoms with E-state index in [-0.39, 0.29) is 32.2 Å². The van der Waals surface area contributed by atoms with Gasteiger partial charge in [-0.3, -0.25) is 9.59 Å². The average Bonchev–Trinajstić information content (AvgIpc) is 3.38. The summed E-state index contributed by atoms with van der Waals surface area (Å²) in [7, 11) is 5.97. The maximum Gasteiger partial charge on any atom is 0.361 e. The normalized spacial score (nSPS) is 13.3. The molecule has 0 bridgehead atoms. The second kappa shape index (κ2) is 56.7. The zero-order valence-corrected chi connectivity index (χ0v) is 49.2. The number of hydrogen-bond donors (Lipinski definition) is 1. The van der Waals surface area contributed by atoms with Gasteiger partial charge >= 0.3 is 17.9 Å². The Bertz CT molecular complexity index is 1500. The van der Waals surface area contributed by atoms with Gasteiger partial charge in [-0.2, -0.15) is 0 Å². The fraction of sp³-hybridized carbons (Fsp3) is 0.742. The van der Waals surface area contributed by atoms with Gasteiger partial charge in [-0.25, -0.2) is 4.79 Å². The molecule has 0 spiro atoms. The molecule has 0 radical (unpaired) electrons. The Morgan fingerprint density at radius 2 is 0.760 bits per heavy atom.